The number of benzene rings is 2. The summed E-state index contributed by atoms with van der Waals surface area (Å²) in [6.45, 7) is 4.15. The number of nitrogens with two attached hydrogens (primary N) is 1. The lowest BCUT2D eigenvalue weighted by molar-refractivity contribution is 0.224. The second-order valence-corrected chi connectivity index (χ2v) is 6.01. The van der Waals surface area contributed by atoms with Gasteiger partial charge in [-0.25, -0.2) is 0 Å². The van der Waals surface area contributed by atoms with Gasteiger partial charge in [-0.1, -0.05) is 42.5 Å². The van der Waals surface area contributed by atoms with Crippen LogP contribution in [0.3, 0.4) is 0 Å². The summed E-state index contributed by atoms with van der Waals surface area (Å²) >= 11 is 0. The predicted molar refractivity (Wildman–Crippen MR) is 98.1 cm³/mol. The zero-order valence-corrected chi connectivity index (χ0v) is 14.2. The quantitative estimate of drug-likeness (QED) is 0.844. The minimum Gasteiger partial charge on any atom is -0.494 e. The molecule has 1 aliphatic rings. The molecule has 24 heavy (non-hydrogen) atoms. The first-order chi connectivity index (χ1) is 11.8. The molecule has 1 unspecified atom stereocenters. The Balaban J connectivity index is 1.79. The molecule has 0 saturated heterocycles. The van der Waals surface area contributed by atoms with Crippen molar-refractivity contribution < 1.29 is 4.74 Å². The smallest absolute Gasteiger partial charge is 0.119 e. The van der Waals surface area contributed by atoms with E-state index in [0.29, 0.717) is 13.2 Å². The highest BCUT2D eigenvalue weighted by Crippen LogP contribution is 2.33. The first kappa shape index (κ1) is 16.5. The number of hydrogen-bond donors (Lipinski definition) is 1. The van der Waals surface area contributed by atoms with Crippen LogP contribution in [-0.2, 0) is 6.54 Å². The van der Waals surface area contributed by atoms with Crippen LogP contribution in [0, 0.1) is 0 Å². The van der Waals surface area contributed by atoms with Gasteiger partial charge in [0.2, 0.25) is 0 Å². The molecule has 3 rings (SSSR count). The molecule has 0 amide bonds. The van der Waals surface area contributed by atoms with Crippen molar-refractivity contribution in [3.8, 4) is 5.75 Å². The third-order valence-electron chi connectivity index (χ3n) is 4.25. The molecule has 2 N–H and O–H groups in total. The number of rotatable bonds is 7. The van der Waals surface area contributed by atoms with Crippen molar-refractivity contribution in [1.29, 1.82) is 0 Å². The monoisotopic (exact) mass is 323 g/mol. The molecule has 2 aromatic carbocycles. The van der Waals surface area contributed by atoms with Crippen LogP contribution in [-0.4, -0.2) is 23.9 Å². The Labute approximate surface area is 143 Å². The minimum absolute atomic E-state index is 0.266. The number of nitrogens with zero attached hydrogens (tertiary/aromatic N) is 2. The lowest BCUT2D eigenvalue weighted by Crippen LogP contribution is -2.19. The van der Waals surface area contributed by atoms with Gasteiger partial charge in [0.25, 0.3) is 0 Å². The van der Waals surface area contributed by atoms with Gasteiger partial charge in [0.1, 0.15) is 5.75 Å². The molecule has 4 nitrogen and oxygen atoms in total. The average molecular weight is 323 g/mol. The number of ether oxygens (including phenoxy) is 1. The summed E-state index contributed by atoms with van der Waals surface area (Å²) in [4.78, 5) is 0. The maximum atomic E-state index is 5.73. The molecule has 0 aliphatic carbocycles. The Morgan fingerprint density at radius 2 is 1.88 bits per heavy atom. The van der Waals surface area contributed by atoms with Gasteiger partial charge in [0.15, 0.2) is 0 Å². The lowest BCUT2D eigenvalue weighted by Gasteiger charge is -2.24. The topological polar surface area (TPSA) is 50.9 Å². The van der Waals surface area contributed by atoms with Gasteiger partial charge >= 0.3 is 0 Å². The molecule has 126 valence electrons. The van der Waals surface area contributed by atoms with E-state index in [1.54, 1.807) is 0 Å². The maximum absolute atomic E-state index is 5.73. The van der Waals surface area contributed by atoms with E-state index in [0.717, 1.165) is 25.1 Å². The Kier molecular flexibility index (Phi) is 5.49. The van der Waals surface area contributed by atoms with Crippen LogP contribution in [0.15, 0.2) is 59.7 Å². The second-order valence-electron chi connectivity index (χ2n) is 6.01. The van der Waals surface area contributed by atoms with E-state index in [1.165, 1.54) is 16.8 Å². The zero-order chi connectivity index (χ0) is 16.8. The summed E-state index contributed by atoms with van der Waals surface area (Å²) in [5.41, 5.74) is 9.45. The lowest BCUT2D eigenvalue weighted by atomic mass is 10.00. The summed E-state index contributed by atoms with van der Waals surface area (Å²) in [5.74, 6) is 0.914. The average Bonchev–Trinajstić information content (AvgIpc) is 2.99. The Morgan fingerprint density at radius 1 is 1.12 bits per heavy atom. The van der Waals surface area contributed by atoms with Crippen molar-refractivity contribution in [2.45, 2.75) is 32.4 Å². The van der Waals surface area contributed by atoms with E-state index >= 15 is 0 Å². The molecule has 4 heteroatoms. The van der Waals surface area contributed by atoms with Crippen molar-refractivity contribution in [3.63, 3.8) is 0 Å². The molecule has 0 aromatic heterocycles. The Morgan fingerprint density at radius 3 is 2.54 bits per heavy atom. The fraction of sp³-hybridized carbons (Fsp3) is 0.350. The van der Waals surface area contributed by atoms with E-state index in [2.05, 4.69) is 41.4 Å². The first-order valence-corrected chi connectivity index (χ1v) is 8.60. The molecule has 2 aromatic rings. The van der Waals surface area contributed by atoms with Gasteiger partial charge in [-0.2, -0.15) is 5.10 Å². The number of hydrazone groups is 1. The molecule has 0 bridgehead atoms. The molecule has 0 saturated carbocycles. The molecule has 0 spiro atoms. The Bertz CT molecular complexity index is 667. The predicted octanol–water partition coefficient (Wildman–Crippen LogP) is 3.74. The van der Waals surface area contributed by atoms with Gasteiger partial charge < -0.3 is 10.5 Å². The van der Waals surface area contributed by atoms with Crippen LogP contribution in [0.1, 0.15) is 36.9 Å². The fourth-order valence-electron chi connectivity index (χ4n) is 3.10. The van der Waals surface area contributed by atoms with Gasteiger partial charge in [-0.05, 0) is 43.1 Å². The molecule has 0 fully saturated rings. The Hall–Kier alpha value is -2.33. The van der Waals surface area contributed by atoms with Crippen molar-refractivity contribution in [1.82, 2.24) is 5.01 Å². The van der Waals surface area contributed by atoms with Gasteiger partial charge in [0, 0.05) is 12.1 Å². The molecule has 1 aliphatic heterocycles. The molecule has 1 heterocycles. The van der Waals surface area contributed by atoms with Crippen molar-refractivity contribution in [2.75, 3.05) is 13.2 Å². The second kappa shape index (κ2) is 7.97. The van der Waals surface area contributed by atoms with Crippen molar-refractivity contribution in [3.05, 3.63) is 65.7 Å². The van der Waals surface area contributed by atoms with E-state index < -0.39 is 0 Å². The van der Waals surface area contributed by atoms with Crippen molar-refractivity contribution >= 4 is 5.71 Å². The maximum Gasteiger partial charge on any atom is 0.119 e. The summed E-state index contributed by atoms with van der Waals surface area (Å²) in [6.07, 6.45) is 1.80. The summed E-state index contributed by atoms with van der Waals surface area (Å²) < 4.78 is 5.55. The van der Waals surface area contributed by atoms with Crippen LogP contribution in [0.25, 0.3) is 0 Å². The fourth-order valence-corrected chi connectivity index (χ4v) is 3.10. The normalized spacial score (nSPS) is 17.0. The SMILES string of the molecule is CCOc1ccc(C2CC(CCN)=NN2Cc2ccccc2)cc1. The van der Waals surface area contributed by atoms with Gasteiger partial charge in [-0.3, -0.25) is 5.01 Å². The zero-order valence-electron chi connectivity index (χ0n) is 14.2. The van der Waals surface area contributed by atoms with Gasteiger partial charge in [-0.15, -0.1) is 0 Å². The third-order valence-corrected chi connectivity index (χ3v) is 4.25. The first-order valence-electron chi connectivity index (χ1n) is 8.60. The van der Waals surface area contributed by atoms with Crippen LogP contribution in [0.4, 0.5) is 0 Å². The highest BCUT2D eigenvalue weighted by Gasteiger charge is 2.27. The van der Waals surface area contributed by atoms with E-state index in [-0.39, 0.29) is 6.04 Å². The standard InChI is InChI=1S/C20H25N3O/c1-2-24-19-10-8-17(9-11-19)20-14-18(12-13-21)22-23(20)15-16-6-4-3-5-7-16/h3-11,20H,2,12-15,21H2,1H3. The molecular weight excluding hydrogens is 298 g/mol. The van der Waals surface area contributed by atoms with Crippen LogP contribution in [0.5, 0.6) is 5.75 Å². The number of hydrogen-bond acceptors (Lipinski definition) is 4. The highest BCUT2D eigenvalue weighted by atomic mass is 16.5. The van der Waals surface area contributed by atoms with Crippen LogP contribution >= 0.6 is 0 Å². The van der Waals surface area contributed by atoms with Crippen LogP contribution < -0.4 is 10.5 Å². The van der Waals surface area contributed by atoms with Crippen molar-refractivity contribution in [2.24, 2.45) is 10.8 Å². The highest BCUT2D eigenvalue weighted by molar-refractivity contribution is 5.86. The van der Waals surface area contributed by atoms with Gasteiger partial charge in [0.05, 0.1) is 19.2 Å². The minimum atomic E-state index is 0.266. The summed E-state index contributed by atoms with van der Waals surface area (Å²) in [5, 5.41) is 7.02. The molecule has 0 radical (unpaired) electrons. The third kappa shape index (κ3) is 3.95. The van der Waals surface area contributed by atoms with E-state index in [4.69, 9.17) is 15.6 Å². The molecule has 1 atom stereocenters. The van der Waals surface area contributed by atoms with E-state index in [9.17, 15) is 0 Å². The largest absolute Gasteiger partial charge is 0.494 e. The summed E-state index contributed by atoms with van der Waals surface area (Å²) in [7, 11) is 0. The molecular formula is C20H25N3O. The van der Waals surface area contributed by atoms with Crippen LogP contribution in [0.2, 0.25) is 0 Å². The summed E-state index contributed by atoms with van der Waals surface area (Å²) in [6, 6.07) is 19.1. The van der Waals surface area contributed by atoms with E-state index in [1.807, 2.05) is 25.1 Å².